The summed E-state index contributed by atoms with van der Waals surface area (Å²) in [5.41, 5.74) is 2.33. The van der Waals surface area contributed by atoms with Crippen molar-refractivity contribution in [3.05, 3.63) is 99.6 Å². The molecule has 8 nitrogen and oxygen atoms in total. The number of carbonyl (C=O) groups is 2. The molecule has 0 radical (unpaired) electrons. The standard InChI is InChI=1S/C28H25ClN4O4S/c1-3-36-21-11-9-19(10-12-21)33-27(35)25-17(2)31-28(22(15-30)26(25)23-8-5-13-37-23)38-16-24(34)32-20-7-4-6-18(29)14-20/h4-14,26,31H,3,16H2,1-2H3,(H,32,34)(H,33,35)/t26-/m0/s1. The van der Waals surface area contributed by atoms with Gasteiger partial charge in [-0.3, -0.25) is 9.59 Å². The van der Waals surface area contributed by atoms with E-state index in [4.69, 9.17) is 20.8 Å². The van der Waals surface area contributed by atoms with Gasteiger partial charge >= 0.3 is 0 Å². The second-order valence-corrected chi connectivity index (χ2v) is 9.65. The van der Waals surface area contributed by atoms with Crippen molar-refractivity contribution < 1.29 is 18.7 Å². The number of rotatable bonds is 9. The normalized spacial score (nSPS) is 14.9. The summed E-state index contributed by atoms with van der Waals surface area (Å²) in [6.45, 7) is 4.19. The van der Waals surface area contributed by atoms with Gasteiger partial charge in [0.05, 0.1) is 46.8 Å². The second-order valence-electron chi connectivity index (χ2n) is 8.23. The van der Waals surface area contributed by atoms with E-state index in [9.17, 15) is 14.9 Å². The number of allylic oxidation sites excluding steroid dienone is 2. The fourth-order valence-corrected chi connectivity index (χ4v) is 5.05. The lowest BCUT2D eigenvalue weighted by molar-refractivity contribution is -0.114. The van der Waals surface area contributed by atoms with Crippen LogP contribution in [0.1, 0.15) is 25.5 Å². The van der Waals surface area contributed by atoms with Crippen LogP contribution in [0.25, 0.3) is 0 Å². The molecule has 0 spiro atoms. The molecular formula is C28H25ClN4O4S. The highest BCUT2D eigenvalue weighted by Gasteiger charge is 2.36. The Morgan fingerprint density at radius 1 is 1.13 bits per heavy atom. The molecule has 3 N–H and O–H groups in total. The third kappa shape index (κ3) is 6.40. The van der Waals surface area contributed by atoms with E-state index in [1.807, 2.05) is 6.92 Å². The van der Waals surface area contributed by atoms with Gasteiger partial charge in [0.1, 0.15) is 11.5 Å². The molecule has 0 unspecified atom stereocenters. The van der Waals surface area contributed by atoms with E-state index in [2.05, 4.69) is 22.0 Å². The molecule has 0 saturated carbocycles. The van der Waals surface area contributed by atoms with Gasteiger partial charge in [0, 0.05) is 22.1 Å². The summed E-state index contributed by atoms with van der Waals surface area (Å²) >= 11 is 7.16. The van der Waals surface area contributed by atoms with Crippen molar-refractivity contribution in [2.75, 3.05) is 23.0 Å². The van der Waals surface area contributed by atoms with Crippen LogP contribution in [0.3, 0.4) is 0 Å². The van der Waals surface area contributed by atoms with Crippen LogP contribution < -0.4 is 20.7 Å². The van der Waals surface area contributed by atoms with Crippen molar-refractivity contribution in [2.45, 2.75) is 19.8 Å². The van der Waals surface area contributed by atoms with Gasteiger partial charge in [0.2, 0.25) is 5.91 Å². The number of anilines is 2. The fraction of sp³-hybridized carbons (Fsp3) is 0.179. The summed E-state index contributed by atoms with van der Waals surface area (Å²) in [6, 6.07) is 19.5. The first kappa shape index (κ1) is 26.9. The summed E-state index contributed by atoms with van der Waals surface area (Å²) in [5.74, 6) is -0.218. The highest BCUT2D eigenvalue weighted by atomic mass is 35.5. The molecule has 2 aromatic carbocycles. The van der Waals surface area contributed by atoms with Crippen molar-refractivity contribution in [1.29, 1.82) is 5.26 Å². The molecule has 38 heavy (non-hydrogen) atoms. The Labute approximate surface area is 229 Å². The van der Waals surface area contributed by atoms with Crippen molar-refractivity contribution in [2.24, 2.45) is 0 Å². The van der Waals surface area contributed by atoms with Crippen molar-refractivity contribution in [3.8, 4) is 11.8 Å². The zero-order valence-electron chi connectivity index (χ0n) is 20.7. The Hall–Kier alpha value is -4.13. The van der Waals surface area contributed by atoms with E-state index in [1.165, 1.54) is 18.0 Å². The molecule has 1 aromatic heterocycles. The first-order chi connectivity index (χ1) is 18.4. The summed E-state index contributed by atoms with van der Waals surface area (Å²) in [6.07, 6.45) is 1.49. The van der Waals surface area contributed by atoms with Crippen LogP contribution in [0.5, 0.6) is 5.75 Å². The predicted octanol–water partition coefficient (Wildman–Crippen LogP) is 6.04. The van der Waals surface area contributed by atoms with E-state index in [0.29, 0.717) is 50.8 Å². The van der Waals surface area contributed by atoms with Gasteiger partial charge in [-0.05, 0) is 68.4 Å². The number of carbonyl (C=O) groups excluding carboxylic acids is 2. The van der Waals surface area contributed by atoms with Crippen LogP contribution in [-0.2, 0) is 9.59 Å². The molecule has 2 amide bonds. The van der Waals surface area contributed by atoms with Gasteiger partial charge in [-0.15, -0.1) is 0 Å². The van der Waals surface area contributed by atoms with E-state index < -0.39 is 5.92 Å². The number of hydrogen-bond acceptors (Lipinski definition) is 7. The minimum atomic E-state index is -0.752. The lowest BCUT2D eigenvalue weighted by Crippen LogP contribution is -2.31. The minimum Gasteiger partial charge on any atom is -0.494 e. The summed E-state index contributed by atoms with van der Waals surface area (Å²) in [4.78, 5) is 26.0. The summed E-state index contributed by atoms with van der Waals surface area (Å²) in [7, 11) is 0. The molecule has 0 fully saturated rings. The Kier molecular flexibility index (Phi) is 8.79. The van der Waals surface area contributed by atoms with Crippen molar-refractivity contribution in [3.63, 3.8) is 0 Å². The highest BCUT2D eigenvalue weighted by molar-refractivity contribution is 8.03. The van der Waals surface area contributed by atoms with Crippen LogP contribution in [0.15, 0.2) is 93.2 Å². The van der Waals surface area contributed by atoms with Gasteiger partial charge in [-0.1, -0.05) is 29.4 Å². The average molecular weight is 549 g/mol. The van der Waals surface area contributed by atoms with Gasteiger partial charge in [0.15, 0.2) is 0 Å². The molecule has 0 saturated heterocycles. The number of nitrogens with one attached hydrogen (secondary N) is 3. The SMILES string of the molecule is CCOc1ccc(NC(=O)C2=C(C)NC(SCC(=O)Nc3cccc(Cl)c3)=C(C#N)[C@H]2c2ccco2)cc1. The number of hydrogen-bond donors (Lipinski definition) is 3. The first-order valence-corrected chi connectivity index (χ1v) is 13.1. The third-order valence-electron chi connectivity index (χ3n) is 5.60. The quantitative estimate of drug-likeness (QED) is 0.298. The van der Waals surface area contributed by atoms with Crippen LogP contribution in [0, 0.1) is 11.3 Å². The van der Waals surface area contributed by atoms with Gasteiger partial charge < -0.3 is 25.1 Å². The molecule has 0 aliphatic carbocycles. The molecule has 194 valence electrons. The van der Waals surface area contributed by atoms with E-state index in [0.717, 1.165) is 0 Å². The maximum atomic E-state index is 13.5. The zero-order chi connectivity index (χ0) is 27.1. The number of thioether (sulfide) groups is 1. The Bertz CT molecular complexity index is 1430. The number of dihydropyridines is 1. The van der Waals surface area contributed by atoms with Crippen LogP contribution in [0.2, 0.25) is 5.02 Å². The Balaban J connectivity index is 1.55. The number of halogens is 1. The number of amides is 2. The first-order valence-electron chi connectivity index (χ1n) is 11.8. The molecule has 0 bridgehead atoms. The molecule has 2 heterocycles. The van der Waals surface area contributed by atoms with Crippen LogP contribution >= 0.6 is 23.4 Å². The molecule has 1 aliphatic rings. The second kappa shape index (κ2) is 12.4. The van der Waals surface area contributed by atoms with Gasteiger partial charge in [-0.2, -0.15) is 5.26 Å². The zero-order valence-corrected chi connectivity index (χ0v) is 22.3. The average Bonchev–Trinajstić information content (AvgIpc) is 3.43. The number of ether oxygens (including phenoxy) is 1. The van der Waals surface area contributed by atoms with E-state index in [1.54, 1.807) is 67.6 Å². The molecule has 10 heteroatoms. The van der Waals surface area contributed by atoms with E-state index >= 15 is 0 Å². The van der Waals surface area contributed by atoms with Crippen molar-refractivity contribution in [1.82, 2.24) is 5.32 Å². The number of nitriles is 1. The fourth-order valence-electron chi connectivity index (χ4n) is 3.97. The summed E-state index contributed by atoms with van der Waals surface area (Å²) < 4.78 is 11.1. The van der Waals surface area contributed by atoms with Gasteiger partial charge in [-0.25, -0.2) is 0 Å². The highest BCUT2D eigenvalue weighted by Crippen LogP contribution is 2.41. The maximum Gasteiger partial charge on any atom is 0.254 e. The predicted molar refractivity (Wildman–Crippen MR) is 149 cm³/mol. The topological polar surface area (TPSA) is 116 Å². The third-order valence-corrected chi connectivity index (χ3v) is 6.85. The number of furan rings is 1. The van der Waals surface area contributed by atoms with Crippen LogP contribution in [0.4, 0.5) is 11.4 Å². The maximum absolute atomic E-state index is 13.5. The monoisotopic (exact) mass is 548 g/mol. The van der Waals surface area contributed by atoms with E-state index in [-0.39, 0.29) is 23.1 Å². The lowest BCUT2D eigenvalue weighted by atomic mass is 9.85. The molecule has 3 aromatic rings. The summed E-state index contributed by atoms with van der Waals surface area (Å²) in [5, 5.41) is 20.0. The Morgan fingerprint density at radius 2 is 1.92 bits per heavy atom. The van der Waals surface area contributed by atoms with Crippen LogP contribution in [-0.4, -0.2) is 24.2 Å². The number of benzene rings is 2. The molecule has 4 rings (SSSR count). The largest absolute Gasteiger partial charge is 0.494 e. The smallest absolute Gasteiger partial charge is 0.254 e. The number of nitrogens with zero attached hydrogens (tertiary/aromatic N) is 1. The molecular weight excluding hydrogens is 524 g/mol. The van der Waals surface area contributed by atoms with Crippen molar-refractivity contribution >= 4 is 46.6 Å². The Morgan fingerprint density at radius 3 is 2.58 bits per heavy atom. The van der Waals surface area contributed by atoms with Gasteiger partial charge in [0.25, 0.3) is 5.91 Å². The molecule has 1 aliphatic heterocycles. The lowest BCUT2D eigenvalue weighted by Gasteiger charge is -2.28. The minimum absolute atomic E-state index is 0.0336. The molecule has 1 atom stereocenters.